The van der Waals surface area contributed by atoms with Crippen molar-refractivity contribution in [1.29, 1.82) is 0 Å². The van der Waals surface area contributed by atoms with Crippen molar-refractivity contribution in [3.63, 3.8) is 0 Å². The van der Waals surface area contributed by atoms with Crippen LogP contribution in [-0.4, -0.2) is 35.8 Å². The Morgan fingerprint density at radius 2 is 1.19 bits per heavy atom. The minimum absolute atomic E-state index is 0.146. The molecule has 1 N–H and O–H groups in total. The Bertz CT molecular complexity index is 1600. The van der Waals surface area contributed by atoms with Crippen LogP contribution in [0.1, 0.15) is 100 Å². The average molecular weight is 576 g/mol. The summed E-state index contributed by atoms with van der Waals surface area (Å²) in [7, 11) is 0. The topological polar surface area (TPSA) is 85.3 Å². The molecule has 4 aliphatic rings. The number of rotatable bonds is 6. The standard InChI is InChI=1S/C18H21N3O.C18H20N2O/c22-20-16(13-6-2-1-3-7-13)10-17-14-8-4-5-9-15(14)18-11-19-12-21(17)18;21-18(13-6-2-1-3-7-13)10-16-14-8-4-5-9-15(14)17-11-19-12-20(16)17/h4-5,8-9,11-13,17,22H,1-3,6-7,10H2;4-5,8-9,11-13,16H,1-3,6-7,10H2. The number of imidazole rings is 2. The maximum Gasteiger partial charge on any atom is 0.138 e. The number of carbonyl (C=O) groups excluding carboxylic acids is 1. The Balaban J connectivity index is 0.000000140. The molecule has 43 heavy (non-hydrogen) atoms. The highest BCUT2D eigenvalue weighted by atomic mass is 16.4. The average Bonchev–Trinajstić information content (AvgIpc) is 3.85. The lowest BCUT2D eigenvalue weighted by Gasteiger charge is -2.25. The Morgan fingerprint density at radius 3 is 1.72 bits per heavy atom. The molecule has 2 aromatic carbocycles. The molecule has 0 bridgehead atoms. The SMILES string of the molecule is O=C(CC1c2ccccc2-c2cncn21)C1CCCCC1.ON=C(CC1c2ccccc2-c2cncn21)C1CCCCC1. The number of fused-ring (bicyclic) bond motifs is 6. The van der Waals surface area contributed by atoms with Gasteiger partial charge in [-0.25, -0.2) is 9.97 Å². The summed E-state index contributed by atoms with van der Waals surface area (Å²) in [5.41, 5.74) is 8.35. The molecule has 222 valence electrons. The van der Waals surface area contributed by atoms with E-state index in [-0.39, 0.29) is 12.1 Å². The molecular weight excluding hydrogens is 534 g/mol. The lowest BCUT2D eigenvalue weighted by molar-refractivity contribution is -0.124. The summed E-state index contributed by atoms with van der Waals surface area (Å²) in [6.45, 7) is 0. The summed E-state index contributed by atoms with van der Waals surface area (Å²) in [6.07, 6.45) is 21.0. The number of ketones is 1. The van der Waals surface area contributed by atoms with E-state index in [1.54, 1.807) is 0 Å². The number of hydrogen-bond acceptors (Lipinski definition) is 5. The maximum absolute atomic E-state index is 12.7. The number of benzene rings is 2. The molecule has 8 rings (SSSR count). The van der Waals surface area contributed by atoms with Gasteiger partial charge in [-0.15, -0.1) is 0 Å². The van der Waals surface area contributed by atoms with Crippen LogP contribution >= 0.6 is 0 Å². The zero-order valence-electron chi connectivity index (χ0n) is 24.8. The monoisotopic (exact) mass is 575 g/mol. The van der Waals surface area contributed by atoms with Crippen molar-refractivity contribution >= 4 is 11.5 Å². The third-order valence-corrected chi connectivity index (χ3v) is 10.3. The van der Waals surface area contributed by atoms with Crippen LogP contribution in [0.25, 0.3) is 22.5 Å². The second-order valence-electron chi connectivity index (χ2n) is 12.7. The highest BCUT2D eigenvalue weighted by Crippen LogP contribution is 2.43. The number of hydrogen-bond donors (Lipinski definition) is 1. The first kappa shape index (κ1) is 27.8. The number of carbonyl (C=O) groups is 1. The van der Waals surface area contributed by atoms with E-state index < -0.39 is 0 Å². The van der Waals surface area contributed by atoms with Gasteiger partial charge in [0, 0.05) is 35.8 Å². The molecule has 2 aliphatic heterocycles. The van der Waals surface area contributed by atoms with Gasteiger partial charge in [-0.1, -0.05) is 92.2 Å². The first-order valence-corrected chi connectivity index (χ1v) is 16.2. The zero-order chi connectivity index (χ0) is 29.2. The highest BCUT2D eigenvalue weighted by Gasteiger charge is 2.33. The van der Waals surface area contributed by atoms with Crippen molar-refractivity contribution < 1.29 is 10.0 Å². The van der Waals surface area contributed by atoms with Gasteiger partial charge in [0.1, 0.15) is 5.78 Å². The van der Waals surface area contributed by atoms with Gasteiger partial charge in [-0.05, 0) is 36.8 Å². The van der Waals surface area contributed by atoms with E-state index in [0.717, 1.165) is 43.5 Å². The van der Waals surface area contributed by atoms with E-state index in [0.29, 0.717) is 24.0 Å². The van der Waals surface area contributed by atoms with Crippen molar-refractivity contribution in [2.75, 3.05) is 0 Å². The maximum atomic E-state index is 12.7. The molecule has 0 radical (unpaired) electrons. The Labute approximate surface area is 253 Å². The number of oxime groups is 1. The van der Waals surface area contributed by atoms with Gasteiger partial charge in [0.2, 0.25) is 0 Å². The minimum atomic E-state index is 0.146. The van der Waals surface area contributed by atoms with Gasteiger partial charge in [0.15, 0.2) is 0 Å². The molecule has 0 spiro atoms. The van der Waals surface area contributed by atoms with E-state index in [2.05, 4.69) is 72.8 Å². The van der Waals surface area contributed by atoms with E-state index >= 15 is 0 Å². The smallest absolute Gasteiger partial charge is 0.138 e. The zero-order valence-corrected chi connectivity index (χ0v) is 24.8. The lowest BCUT2D eigenvalue weighted by atomic mass is 9.83. The van der Waals surface area contributed by atoms with Gasteiger partial charge in [0.05, 0.1) is 54.2 Å². The van der Waals surface area contributed by atoms with Crippen LogP contribution in [-0.2, 0) is 4.79 Å². The van der Waals surface area contributed by atoms with E-state index in [1.807, 2.05) is 25.0 Å². The first-order valence-electron chi connectivity index (χ1n) is 16.2. The molecule has 0 saturated heterocycles. The molecule has 2 atom stereocenters. The molecular formula is C36H41N5O2. The summed E-state index contributed by atoms with van der Waals surface area (Å²) < 4.78 is 4.39. The lowest BCUT2D eigenvalue weighted by Crippen LogP contribution is -2.22. The fourth-order valence-electron chi connectivity index (χ4n) is 7.99. The molecule has 2 unspecified atom stereocenters. The van der Waals surface area contributed by atoms with Gasteiger partial charge < -0.3 is 14.3 Å². The van der Waals surface area contributed by atoms with E-state index in [9.17, 15) is 10.0 Å². The van der Waals surface area contributed by atoms with Crippen LogP contribution in [0.5, 0.6) is 0 Å². The van der Waals surface area contributed by atoms with Crippen molar-refractivity contribution in [2.45, 2.75) is 89.1 Å². The van der Waals surface area contributed by atoms with Gasteiger partial charge in [-0.3, -0.25) is 4.79 Å². The molecule has 2 saturated carbocycles. The molecule has 2 fully saturated rings. The van der Waals surface area contributed by atoms with Crippen molar-refractivity contribution in [3.05, 3.63) is 84.7 Å². The summed E-state index contributed by atoms with van der Waals surface area (Å²) in [5.74, 6) is 1.17. The van der Waals surface area contributed by atoms with Crippen LogP contribution < -0.4 is 0 Å². The van der Waals surface area contributed by atoms with Crippen LogP contribution in [0.15, 0.2) is 78.7 Å². The normalized spacial score (nSPS) is 21.3. The molecule has 7 nitrogen and oxygen atoms in total. The van der Waals surface area contributed by atoms with Gasteiger partial charge >= 0.3 is 0 Å². The first-order chi connectivity index (χ1) is 21.2. The second kappa shape index (κ2) is 12.3. The fourth-order valence-corrected chi connectivity index (χ4v) is 7.99. The number of Topliss-reactive ketones (excluding diaryl/α,β-unsaturated/α-hetero) is 1. The quantitative estimate of drug-likeness (QED) is 0.143. The Morgan fingerprint density at radius 1 is 0.698 bits per heavy atom. The van der Waals surface area contributed by atoms with Crippen molar-refractivity contribution in [3.8, 4) is 22.5 Å². The second-order valence-corrected chi connectivity index (χ2v) is 12.7. The molecule has 2 aliphatic carbocycles. The van der Waals surface area contributed by atoms with Crippen LogP contribution in [0.4, 0.5) is 0 Å². The molecule has 7 heteroatoms. The van der Waals surface area contributed by atoms with Gasteiger partial charge in [0.25, 0.3) is 0 Å². The third-order valence-electron chi connectivity index (χ3n) is 10.3. The summed E-state index contributed by atoms with van der Waals surface area (Å²) in [6, 6.07) is 17.3. The highest BCUT2D eigenvalue weighted by molar-refractivity contribution is 5.88. The predicted molar refractivity (Wildman–Crippen MR) is 168 cm³/mol. The van der Waals surface area contributed by atoms with Crippen LogP contribution in [0, 0.1) is 11.8 Å². The minimum Gasteiger partial charge on any atom is -0.411 e. The summed E-state index contributed by atoms with van der Waals surface area (Å²) >= 11 is 0. The largest absolute Gasteiger partial charge is 0.411 e. The molecule has 0 amide bonds. The summed E-state index contributed by atoms with van der Waals surface area (Å²) in [4.78, 5) is 21.2. The van der Waals surface area contributed by atoms with Crippen LogP contribution in [0.3, 0.4) is 0 Å². The van der Waals surface area contributed by atoms with E-state index in [4.69, 9.17) is 0 Å². The predicted octanol–water partition coefficient (Wildman–Crippen LogP) is 8.25. The molecule has 4 heterocycles. The van der Waals surface area contributed by atoms with Gasteiger partial charge in [-0.2, -0.15) is 0 Å². The van der Waals surface area contributed by atoms with Crippen LogP contribution in [0.2, 0.25) is 0 Å². The third kappa shape index (κ3) is 5.34. The fraction of sp³-hybridized carbons (Fsp3) is 0.444. The summed E-state index contributed by atoms with van der Waals surface area (Å²) in [5, 5.41) is 13.2. The van der Waals surface area contributed by atoms with E-state index in [1.165, 1.54) is 66.5 Å². The Kier molecular flexibility index (Phi) is 7.96. The molecule has 4 aromatic rings. The van der Waals surface area contributed by atoms with Crippen molar-refractivity contribution in [1.82, 2.24) is 19.1 Å². The number of aromatic nitrogens is 4. The Hall–Kier alpha value is -4.00. The van der Waals surface area contributed by atoms with Crippen molar-refractivity contribution in [2.24, 2.45) is 17.0 Å². The number of nitrogens with zero attached hydrogens (tertiary/aromatic N) is 5. The molecule has 2 aromatic heterocycles.